The van der Waals surface area contributed by atoms with Crippen molar-refractivity contribution < 1.29 is 17.3 Å². The molecule has 0 spiro atoms. The second-order valence-electron chi connectivity index (χ2n) is 4.01. The van der Waals surface area contributed by atoms with Crippen LogP contribution in [0.15, 0.2) is 28.9 Å². The van der Waals surface area contributed by atoms with E-state index in [0.717, 1.165) is 12.0 Å². The van der Waals surface area contributed by atoms with Gasteiger partial charge in [0.2, 0.25) is 0 Å². The van der Waals surface area contributed by atoms with Crippen LogP contribution < -0.4 is 4.74 Å². The minimum absolute atomic E-state index is 0.220. The SMILES string of the molecule is CCC1=C(CC)c2cc(OC)ccc2S(=O)(=O)O1. The summed E-state index contributed by atoms with van der Waals surface area (Å²) >= 11 is 0. The molecule has 2 rings (SSSR count). The first-order chi connectivity index (χ1) is 8.53. The summed E-state index contributed by atoms with van der Waals surface area (Å²) in [5.41, 5.74) is 1.63. The molecule has 5 heteroatoms. The quantitative estimate of drug-likeness (QED) is 0.791. The number of hydrogen-bond acceptors (Lipinski definition) is 4. The Bertz CT molecular complexity index is 599. The Morgan fingerprint density at radius 1 is 1.22 bits per heavy atom. The molecule has 1 aliphatic heterocycles. The van der Waals surface area contributed by atoms with Crippen molar-refractivity contribution in [3.63, 3.8) is 0 Å². The summed E-state index contributed by atoms with van der Waals surface area (Å²) in [6.07, 6.45) is 1.28. The van der Waals surface area contributed by atoms with E-state index in [-0.39, 0.29) is 4.90 Å². The highest BCUT2D eigenvalue weighted by Crippen LogP contribution is 2.38. The third-order valence-electron chi connectivity index (χ3n) is 3.00. The van der Waals surface area contributed by atoms with Crippen molar-refractivity contribution in [3.8, 4) is 5.75 Å². The van der Waals surface area contributed by atoms with Gasteiger partial charge in [0, 0.05) is 17.6 Å². The van der Waals surface area contributed by atoms with Gasteiger partial charge in [0.25, 0.3) is 0 Å². The number of fused-ring (bicyclic) bond motifs is 1. The van der Waals surface area contributed by atoms with E-state index in [9.17, 15) is 8.42 Å². The molecule has 1 aromatic carbocycles. The predicted molar refractivity (Wildman–Crippen MR) is 68.8 cm³/mol. The molecule has 1 aromatic rings. The minimum atomic E-state index is -3.68. The van der Waals surface area contributed by atoms with E-state index in [0.29, 0.717) is 23.5 Å². The van der Waals surface area contributed by atoms with E-state index in [4.69, 9.17) is 8.92 Å². The van der Waals surface area contributed by atoms with E-state index in [1.807, 2.05) is 13.8 Å². The van der Waals surface area contributed by atoms with Gasteiger partial charge in [-0.25, -0.2) is 0 Å². The van der Waals surface area contributed by atoms with Crippen LogP contribution in [-0.4, -0.2) is 15.5 Å². The lowest BCUT2D eigenvalue weighted by atomic mass is 10.0. The molecule has 0 fully saturated rings. The summed E-state index contributed by atoms with van der Waals surface area (Å²) in [4.78, 5) is 0.220. The van der Waals surface area contributed by atoms with Crippen molar-refractivity contribution in [2.45, 2.75) is 31.6 Å². The van der Waals surface area contributed by atoms with Crippen molar-refractivity contribution in [2.75, 3.05) is 7.11 Å². The zero-order valence-electron chi connectivity index (χ0n) is 10.7. The molecule has 1 aliphatic rings. The number of rotatable bonds is 3. The molecule has 0 saturated heterocycles. The maximum atomic E-state index is 12.0. The van der Waals surface area contributed by atoms with Gasteiger partial charge in [-0.05, 0) is 24.6 Å². The number of methoxy groups -OCH3 is 1. The lowest BCUT2D eigenvalue weighted by Gasteiger charge is -2.22. The van der Waals surface area contributed by atoms with Gasteiger partial charge < -0.3 is 8.92 Å². The second kappa shape index (κ2) is 4.65. The Morgan fingerprint density at radius 2 is 1.94 bits per heavy atom. The minimum Gasteiger partial charge on any atom is -0.497 e. The molecule has 0 aliphatic carbocycles. The number of benzene rings is 1. The maximum Gasteiger partial charge on any atom is 0.339 e. The van der Waals surface area contributed by atoms with Gasteiger partial charge in [0.05, 0.1) is 7.11 Å². The Balaban J connectivity index is 2.74. The average molecular weight is 268 g/mol. The molecule has 0 unspecified atom stereocenters. The molecule has 0 N–H and O–H groups in total. The van der Waals surface area contributed by atoms with Crippen molar-refractivity contribution in [1.82, 2.24) is 0 Å². The first kappa shape index (κ1) is 13.0. The van der Waals surface area contributed by atoms with Crippen LogP contribution in [0, 0.1) is 0 Å². The maximum absolute atomic E-state index is 12.0. The molecule has 18 heavy (non-hydrogen) atoms. The van der Waals surface area contributed by atoms with Crippen molar-refractivity contribution in [3.05, 3.63) is 29.5 Å². The van der Waals surface area contributed by atoms with E-state index in [1.165, 1.54) is 6.07 Å². The van der Waals surface area contributed by atoms with Gasteiger partial charge in [-0.1, -0.05) is 13.8 Å². The van der Waals surface area contributed by atoms with Crippen LogP contribution in [0.2, 0.25) is 0 Å². The van der Waals surface area contributed by atoms with E-state index >= 15 is 0 Å². The average Bonchev–Trinajstić information content (AvgIpc) is 2.37. The number of ether oxygens (including phenoxy) is 1. The molecule has 0 amide bonds. The Labute approximate surface area is 107 Å². The van der Waals surface area contributed by atoms with Gasteiger partial charge in [0.15, 0.2) is 0 Å². The van der Waals surface area contributed by atoms with Gasteiger partial charge in [0.1, 0.15) is 16.4 Å². The first-order valence-corrected chi connectivity index (χ1v) is 7.29. The summed E-state index contributed by atoms with van der Waals surface area (Å²) < 4.78 is 34.3. The fourth-order valence-corrected chi connectivity index (χ4v) is 3.39. The molecule has 98 valence electrons. The summed E-state index contributed by atoms with van der Waals surface area (Å²) in [6.45, 7) is 3.86. The molecular weight excluding hydrogens is 252 g/mol. The normalized spacial score (nSPS) is 17.1. The van der Waals surface area contributed by atoms with E-state index in [2.05, 4.69) is 0 Å². The molecule has 0 saturated carbocycles. The number of allylic oxidation sites excluding steroid dienone is 2. The topological polar surface area (TPSA) is 52.6 Å². The molecular formula is C13H16O4S. The molecule has 0 radical (unpaired) electrons. The zero-order chi connectivity index (χ0) is 13.3. The van der Waals surface area contributed by atoms with Crippen LogP contribution in [0.3, 0.4) is 0 Å². The smallest absolute Gasteiger partial charge is 0.339 e. The third-order valence-corrected chi connectivity index (χ3v) is 4.32. The molecule has 0 aromatic heterocycles. The third kappa shape index (κ3) is 1.99. The second-order valence-corrected chi connectivity index (χ2v) is 5.52. The van der Waals surface area contributed by atoms with Crippen LogP contribution >= 0.6 is 0 Å². The predicted octanol–water partition coefficient (Wildman–Crippen LogP) is 2.95. The van der Waals surface area contributed by atoms with Crippen LogP contribution in [0.25, 0.3) is 5.57 Å². The van der Waals surface area contributed by atoms with Crippen molar-refractivity contribution >= 4 is 15.7 Å². The summed E-state index contributed by atoms with van der Waals surface area (Å²) in [7, 11) is -2.12. The van der Waals surface area contributed by atoms with E-state index < -0.39 is 10.1 Å². The lowest BCUT2D eigenvalue weighted by Crippen LogP contribution is -2.15. The van der Waals surface area contributed by atoms with Gasteiger partial charge in [-0.15, -0.1) is 0 Å². The molecule has 0 atom stereocenters. The van der Waals surface area contributed by atoms with Crippen LogP contribution in [0.4, 0.5) is 0 Å². The van der Waals surface area contributed by atoms with Crippen molar-refractivity contribution in [1.29, 1.82) is 0 Å². The zero-order valence-corrected chi connectivity index (χ0v) is 11.5. The highest BCUT2D eigenvalue weighted by atomic mass is 32.2. The van der Waals surface area contributed by atoms with Crippen molar-refractivity contribution in [2.24, 2.45) is 0 Å². The highest BCUT2D eigenvalue weighted by molar-refractivity contribution is 7.87. The van der Waals surface area contributed by atoms with Crippen LogP contribution in [0.5, 0.6) is 5.75 Å². The standard InChI is InChI=1S/C13H16O4S/c1-4-10-11-8-9(16-3)6-7-13(11)18(14,15)17-12(10)5-2/h6-8H,4-5H2,1-3H3. The molecule has 1 heterocycles. The molecule has 4 nitrogen and oxygen atoms in total. The highest BCUT2D eigenvalue weighted by Gasteiger charge is 2.30. The van der Waals surface area contributed by atoms with Gasteiger partial charge >= 0.3 is 10.1 Å². The number of hydrogen-bond donors (Lipinski definition) is 0. The van der Waals surface area contributed by atoms with Crippen LogP contribution in [0.1, 0.15) is 32.3 Å². The van der Waals surface area contributed by atoms with Gasteiger partial charge in [-0.2, -0.15) is 8.42 Å². The first-order valence-electron chi connectivity index (χ1n) is 5.88. The summed E-state index contributed by atoms with van der Waals surface area (Å²) in [5, 5.41) is 0. The fourth-order valence-electron chi connectivity index (χ4n) is 2.13. The van der Waals surface area contributed by atoms with Crippen LogP contribution in [-0.2, 0) is 14.3 Å². The monoisotopic (exact) mass is 268 g/mol. The Morgan fingerprint density at radius 3 is 2.50 bits per heavy atom. The molecule has 0 bridgehead atoms. The summed E-state index contributed by atoms with van der Waals surface area (Å²) in [5.74, 6) is 1.17. The van der Waals surface area contributed by atoms with Gasteiger partial charge in [-0.3, -0.25) is 0 Å². The lowest BCUT2D eigenvalue weighted by molar-refractivity contribution is 0.389. The largest absolute Gasteiger partial charge is 0.497 e. The Hall–Kier alpha value is -1.49. The summed E-state index contributed by atoms with van der Waals surface area (Å²) in [6, 6.07) is 4.92. The Kier molecular flexibility index (Phi) is 3.34. The fraction of sp³-hybridized carbons (Fsp3) is 0.385. The van der Waals surface area contributed by atoms with E-state index in [1.54, 1.807) is 19.2 Å².